The molecule has 0 spiro atoms. The molecule has 4 aromatic rings. The van der Waals surface area contributed by atoms with Crippen molar-refractivity contribution in [3.05, 3.63) is 77.4 Å². The third kappa shape index (κ3) is 2.89. The van der Waals surface area contributed by atoms with Gasteiger partial charge in [0.1, 0.15) is 5.82 Å². The van der Waals surface area contributed by atoms with E-state index in [9.17, 15) is 9.18 Å². The number of thiazole rings is 1. The molecule has 0 aliphatic heterocycles. The highest BCUT2D eigenvalue weighted by Gasteiger charge is 2.21. The Hall–Kier alpha value is -3.06. The molecule has 3 heterocycles. The largest absolute Gasteiger partial charge is 0.346 e. The predicted octanol–water partition coefficient (Wildman–Crippen LogP) is 3.53. The Bertz CT molecular complexity index is 1040. The zero-order valence-corrected chi connectivity index (χ0v) is 13.8. The molecule has 0 bridgehead atoms. The number of aromatic nitrogens is 3. The number of amides is 1. The molecule has 7 heteroatoms. The van der Waals surface area contributed by atoms with Gasteiger partial charge in [-0.1, -0.05) is 18.2 Å². The smallest absolute Gasteiger partial charge is 0.272 e. The van der Waals surface area contributed by atoms with Gasteiger partial charge >= 0.3 is 0 Å². The van der Waals surface area contributed by atoms with E-state index in [2.05, 4.69) is 15.3 Å². The quantitative estimate of drug-likeness (QED) is 0.611. The van der Waals surface area contributed by atoms with Gasteiger partial charge in [0.05, 0.1) is 5.69 Å². The third-order valence-corrected chi connectivity index (χ3v) is 4.58. The second kappa shape index (κ2) is 6.45. The fourth-order valence-corrected chi connectivity index (χ4v) is 3.34. The highest BCUT2D eigenvalue weighted by Crippen LogP contribution is 2.27. The van der Waals surface area contributed by atoms with Crippen molar-refractivity contribution < 1.29 is 9.18 Å². The van der Waals surface area contributed by atoms with Crippen molar-refractivity contribution in [3.63, 3.8) is 0 Å². The number of fused-ring (bicyclic) bond motifs is 1. The average Bonchev–Trinajstić information content (AvgIpc) is 3.22. The molecule has 1 amide bonds. The summed E-state index contributed by atoms with van der Waals surface area (Å²) in [6.07, 6.45) is 5.21. The molecule has 5 nitrogen and oxygen atoms in total. The van der Waals surface area contributed by atoms with Crippen LogP contribution in [0.1, 0.15) is 16.1 Å². The Balaban J connectivity index is 1.68. The third-order valence-electron chi connectivity index (χ3n) is 3.83. The maximum atomic E-state index is 13.7. The number of imidazole rings is 1. The second-order valence-corrected chi connectivity index (χ2v) is 6.25. The summed E-state index contributed by atoms with van der Waals surface area (Å²) in [6, 6.07) is 10.0. The van der Waals surface area contributed by atoms with Crippen LogP contribution in [0.4, 0.5) is 4.39 Å². The summed E-state index contributed by atoms with van der Waals surface area (Å²) in [7, 11) is 0. The van der Waals surface area contributed by atoms with Crippen LogP contribution in [0.3, 0.4) is 0 Å². The SMILES string of the molecule is O=C(NCc1ccccc1F)c1nc2sccn2c1-c1ccncc1. The van der Waals surface area contributed by atoms with E-state index in [0.717, 1.165) is 10.5 Å². The van der Waals surface area contributed by atoms with Crippen LogP contribution in [-0.4, -0.2) is 20.3 Å². The summed E-state index contributed by atoms with van der Waals surface area (Å²) in [4.78, 5) is 21.8. The maximum absolute atomic E-state index is 13.7. The lowest BCUT2D eigenvalue weighted by Crippen LogP contribution is -2.24. The monoisotopic (exact) mass is 352 g/mol. The van der Waals surface area contributed by atoms with Crippen molar-refractivity contribution in [2.24, 2.45) is 0 Å². The normalized spacial score (nSPS) is 10.9. The molecule has 4 rings (SSSR count). The molecule has 0 fully saturated rings. The zero-order valence-electron chi connectivity index (χ0n) is 13.0. The topological polar surface area (TPSA) is 59.3 Å². The van der Waals surface area contributed by atoms with Crippen LogP contribution in [0, 0.1) is 5.82 Å². The van der Waals surface area contributed by atoms with Gasteiger partial charge in [-0.15, -0.1) is 11.3 Å². The Morgan fingerprint density at radius 2 is 2.00 bits per heavy atom. The van der Waals surface area contributed by atoms with E-state index in [1.54, 1.807) is 30.6 Å². The molecule has 0 atom stereocenters. The first-order valence-corrected chi connectivity index (χ1v) is 8.49. The van der Waals surface area contributed by atoms with Gasteiger partial charge in [0.15, 0.2) is 10.7 Å². The molecule has 0 aliphatic carbocycles. The number of rotatable bonds is 4. The van der Waals surface area contributed by atoms with E-state index < -0.39 is 0 Å². The minimum absolute atomic E-state index is 0.104. The van der Waals surface area contributed by atoms with Crippen LogP contribution < -0.4 is 5.32 Å². The number of nitrogens with one attached hydrogen (secondary N) is 1. The standard InChI is InChI=1S/C18H13FN4OS/c19-14-4-2-1-3-13(14)11-21-17(24)15-16(12-5-7-20-8-6-12)23-9-10-25-18(23)22-15/h1-10H,11H2,(H,21,24). The number of carbonyl (C=O) groups excluding carboxylic acids is 1. The van der Waals surface area contributed by atoms with Crippen molar-refractivity contribution in [2.45, 2.75) is 6.54 Å². The molecule has 0 saturated carbocycles. The van der Waals surface area contributed by atoms with Gasteiger partial charge in [-0.3, -0.25) is 14.2 Å². The minimum atomic E-state index is -0.344. The Labute approximate surface area is 146 Å². The van der Waals surface area contributed by atoms with Gasteiger partial charge in [0.25, 0.3) is 5.91 Å². The molecule has 1 aromatic carbocycles. The first-order valence-electron chi connectivity index (χ1n) is 7.61. The molecule has 0 aliphatic rings. The number of halogens is 1. The number of hydrogen-bond donors (Lipinski definition) is 1. The lowest BCUT2D eigenvalue weighted by molar-refractivity contribution is 0.0947. The van der Waals surface area contributed by atoms with E-state index in [0.29, 0.717) is 17.0 Å². The summed E-state index contributed by atoms with van der Waals surface area (Å²) in [5, 5.41) is 4.66. The lowest BCUT2D eigenvalue weighted by atomic mass is 10.1. The molecular formula is C18H13FN4OS. The molecule has 25 heavy (non-hydrogen) atoms. The van der Waals surface area contributed by atoms with Crippen LogP contribution in [0.15, 0.2) is 60.4 Å². The van der Waals surface area contributed by atoms with E-state index in [-0.39, 0.29) is 18.3 Å². The van der Waals surface area contributed by atoms with Gasteiger partial charge in [-0.05, 0) is 18.2 Å². The Morgan fingerprint density at radius 1 is 1.20 bits per heavy atom. The van der Waals surface area contributed by atoms with Crippen LogP contribution in [0.2, 0.25) is 0 Å². The van der Waals surface area contributed by atoms with Crippen molar-refractivity contribution in [2.75, 3.05) is 0 Å². The maximum Gasteiger partial charge on any atom is 0.272 e. The van der Waals surface area contributed by atoms with Crippen molar-refractivity contribution in [1.82, 2.24) is 19.7 Å². The van der Waals surface area contributed by atoms with E-state index in [1.165, 1.54) is 17.4 Å². The summed E-state index contributed by atoms with van der Waals surface area (Å²) in [5.41, 5.74) is 2.29. The number of pyridine rings is 1. The molecule has 124 valence electrons. The van der Waals surface area contributed by atoms with Crippen molar-refractivity contribution in [1.29, 1.82) is 0 Å². The van der Waals surface area contributed by atoms with Gasteiger partial charge in [0, 0.05) is 41.6 Å². The molecule has 0 radical (unpaired) electrons. The molecule has 3 aromatic heterocycles. The van der Waals surface area contributed by atoms with Gasteiger partial charge < -0.3 is 5.32 Å². The molecular weight excluding hydrogens is 339 g/mol. The lowest BCUT2D eigenvalue weighted by Gasteiger charge is -2.07. The highest BCUT2D eigenvalue weighted by atomic mass is 32.1. The summed E-state index contributed by atoms with van der Waals surface area (Å²) < 4.78 is 15.6. The van der Waals surface area contributed by atoms with Crippen molar-refractivity contribution >= 4 is 22.2 Å². The van der Waals surface area contributed by atoms with Crippen LogP contribution in [0.5, 0.6) is 0 Å². The first kappa shape index (κ1) is 15.5. The number of benzene rings is 1. The van der Waals surface area contributed by atoms with E-state index in [1.807, 2.05) is 28.1 Å². The fraction of sp³-hybridized carbons (Fsp3) is 0.0556. The van der Waals surface area contributed by atoms with Crippen LogP contribution >= 0.6 is 11.3 Å². The van der Waals surface area contributed by atoms with E-state index >= 15 is 0 Å². The predicted molar refractivity (Wildman–Crippen MR) is 93.9 cm³/mol. The summed E-state index contributed by atoms with van der Waals surface area (Å²) >= 11 is 1.45. The average molecular weight is 352 g/mol. The molecule has 1 N–H and O–H groups in total. The van der Waals surface area contributed by atoms with Gasteiger partial charge in [-0.2, -0.15) is 0 Å². The summed E-state index contributed by atoms with van der Waals surface area (Å²) in [6.45, 7) is 0.104. The summed E-state index contributed by atoms with van der Waals surface area (Å²) in [5.74, 6) is -0.686. The molecule has 0 saturated heterocycles. The first-order chi connectivity index (χ1) is 12.2. The molecule has 0 unspecified atom stereocenters. The second-order valence-electron chi connectivity index (χ2n) is 5.37. The van der Waals surface area contributed by atoms with Crippen LogP contribution in [0.25, 0.3) is 16.2 Å². The highest BCUT2D eigenvalue weighted by molar-refractivity contribution is 7.15. The number of nitrogens with zero attached hydrogens (tertiary/aromatic N) is 3. The Morgan fingerprint density at radius 3 is 2.80 bits per heavy atom. The number of carbonyl (C=O) groups is 1. The van der Waals surface area contributed by atoms with E-state index in [4.69, 9.17) is 0 Å². The minimum Gasteiger partial charge on any atom is -0.346 e. The fourth-order valence-electron chi connectivity index (χ4n) is 2.63. The Kier molecular flexibility index (Phi) is 3.99. The van der Waals surface area contributed by atoms with Crippen LogP contribution in [-0.2, 0) is 6.54 Å². The van der Waals surface area contributed by atoms with Gasteiger partial charge in [-0.25, -0.2) is 9.37 Å². The van der Waals surface area contributed by atoms with Gasteiger partial charge in [0.2, 0.25) is 0 Å². The van der Waals surface area contributed by atoms with Crippen molar-refractivity contribution in [3.8, 4) is 11.3 Å². The zero-order chi connectivity index (χ0) is 17.2. The number of hydrogen-bond acceptors (Lipinski definition) is 4.